The van der Waals surface area contributed by atoms with Crippen LogP contribution in [0.1, 0.15) is 23.6 Å². The van der Waals surface area contributed by atoms with Gasteiger partial charge in [0.25, 0.3) is 5.91 Å². The van der Waals surface area contributed by atoms with Gasteiger partial charge in [0.2, 0.25) is 0 Å². The van der Waals surface area contributed by atoms with Crippen molar-refractivity contribution in [3.63, 3.8) is 0 Å². The number of anilines is 2. The average Bonchev–Trinajstić information content (AvgIpc) is 3.02. The molecule has 0 aromatic heterocycles. The van der Waals surface area contributed by atoms with E-state index in [1.54, 1.807) is 12.1 Å². The van der Waals surface area contributed by atoms with Crippen LogP contribution in [0.5, 0.6) is 0 Å². The van der Waals surface area contributed by atoms with Crippen molar-refractivity contribution in [2.45, 2.75) is 25.1 Å². The minimum Gasteiger partial charge on any atom is -0.378 e. The zero-order chi connectivity index (χ0) is 21.4. The second-order valence-corrected chi connectivity index (χ2v) is 7.48. The van der Waals surface area contributed by atoms with Crippen LogP contribution in [0.4, 0.5) is 24.5 Å². The fourth-order valence-electron chi connectivity index (χ4n) is 3.27. The first kappa shape index (κ1) is 21.0. The second kappa shape index (κ2) is 7.58. The number of hydrogen-bond acceptors (Lipinski definition) is 4. The van der Waals surface area contributed by atoms with E-state index in [2.05, 4.69) is 5.32 Å². The lowest BCUT2D eigenvalue weighted by Gasteiger charge is -2.29. The van der Waals surface area contributed by atoms with Crippen molar-refractivity contribution in [3.8, 4) is 6.07 Å². The number of nitrogens with zero attached hydrogens (tertiary/aromatic N) is 2. The van der Waals surface area contributed by atoms with Gasteiger partial charge in [-0.05, 0) is 55.3 Å². The lowest BCUT2D eigenvalue weighted by molar-refractivity contribution is -0.138. The van der Waals surface area contributed by atoms with Crippen LogP contribution in [-0.4, -0.2) is 29.7 Å². The minimum atomic E-state index is -4.74. The number of nitriles is 1. The van der Waals surface area contributed by atoms with Crippen LogP contribution in [0.3, 0.4) is 0 Å². The Morgan fingerprint density at radius 2 is 2.03 bits per heavy atom. The Kier molecular flexibility index (Phi) is 5.48. The SMILES string of the molecule is C[C@](O)(CN1CCc2cc(Cl)ccc21)C(=O)Nc1ccc(C#N)c(C(F)(F)F)c1. The molecular weight excluding hydrogens is 407 g/mol. The fourth-order valence-corrected chi connectivity index (χ4v) is 3.46. The number of carbonyl (C=O) groups excluding carboxylic acids is 1. The number of carbonyl (C=O) groups is 1. The first-order valence-electron chi connectivity index (χ1n) is 8.70. The summed E-state index contributed by atoms with van der Waals surface area (Å²) in [6, 6.07) is 9.66. The van der Waals surface area contributed by atoms with Gasteiger partial charge in [0, 0.05) is 22.9 Å². The predicted octanol–water partition coefficient (Wildman–Crippen LogP) is 3.98. The standard InChI is InChI=1S/C20H17ClF3N3O2/c1-19(29,11-27-7-6-12-8-14(21)3-5-17(12)27)18(28)26-15-4-2-13(10-25)16(9-15)20(22,23)24/h2-5,8-9,29H,6-7,11H2,1H3,(H,26,28)/t19-/m0/s1. The number of aliphatic hydroxyl groups is 1. The fraction of sp³-hybridized carbons (Fsp3) is 0.300. The highest BCUT2D eigenvalue weighted by atomic mass is 35.5. The number of hydrogen-bond donors (Lipinski definition) is 2. The van der Waals surface area contributed by atoms with Gasteiger partial charge < -0.3 is 15.3 Å². The van der Waals surface area contributed by atoms with E-state index in [-0.39, 0.29) is 12.2 Å². The molecule has 0 fully saturated rings. The molecule has 5 nitrogen and oxygen atoms in total. The van der Waals surface area contributed by atoms with Crippen molar-refractivity contribution in [1.82, 2.24) is 0 Å². The highest BCUT2D eigenvalue weighted by Gasteiger charge is 2.37. The van der Waals surface area contributed by atoms with Gasteiger partial charge >= 0.3 is 6.18 Å². The average molecular weight is 424 g/mol. The lowest BCUT2D eigenvalue weighted by atomic mass is 10.0. The summed E-state index contributed by atoms with van der Waals surface area (Å²) in [5, 5.41) is 22.4. The third kappa shape index (κ3) is 4.47. The molecule has 0 saturated carbocycles. The number of benzene rings is 2. The number of halogens is 4. The van der Waals surface area contributed by atoms with Gasteiger partial charge in [-0.1, -0.05) is 11.6 Å². The summed E-state index contributed by atoms with van der Waals surface area (Å²) in [5.74, 6) is -0.849. The molecule has 1 aliphatic rings. The first-order chi connectivity index (χ1) is 13.5. The number of rotatable bonds is 4. The molecule has 1 atom stereocenters. The molecule has 2 aromatic carbocycles. The molecule has 0 aliphatic carbocycles. The molecule has 1 aliphatic heterocycles. The molecule has 2 aromatic rings. The van der Waals surface area contributed by atoms with E-state index >= 15 is 0 Å². The summed E-state index contributed by atoms with van der Waals surface area (Å²) in [4.78, 5) is 14.4. The molecule has 3 rings (SSSR count). The largest absolute Gasteiger partial charge is 0.417 e. The number of β-amino-alcohol motifs (C(OH)–C–C–N with tert-alkyl or cyclic N) is 1. The van der Waals surface area contributed by atoms with Crippen molar-refractivity contribution >= 4 is 28.9 Å². The molecule has 0 unspecified atom stereocenters. The Balaban J connectivity index is 1.76. The van der Waals surface area contributed by atoms with Crippen LogP contribution in [-0.2, 0) is 17.4 Å². The monoisotopic (exact) mass is 423 g/mol. The molecule has 152 valence electrons. The zero-order valence-electron chi connectivity index (χ0n) is 15.3. The highest BCUT2D eigenvalue weighted by Crippen LogP contribution is 2.34. The van der Waals surface area contributed by atoms with E-state index in [4.69, 9.17) is 16.9 Å². The number of alkyl halides is 3. The molecule has 1 amide bonds. The van der Waals surface area contributed by atoms with Crippen molar-refractivity contribution in [2.75, 3.05) is 23.3 Å². The van der Waals surface area contributed by atoms with Crippen molar-refractivity contribution < 1.29 is 23.1 Å². The smallest absolute Gasteiger partial charge is 0.378 e. The number of nitrogens with one attached hydrogen (secondary N) is 1. The van der Waals surface area contributed by atoms with Gasteiger partial charge in [-0.3, -0.25) is 4.79 Å². The van der Waals surface area contributed by atoms with Crippen LogP contribution >= 0.6 is 11.6 Å². The molecule has 29 heavy (non-hydrogen) atoms. The van der Waals surface area contributed by atoms with Crippen LogP contribution in [0, 0.1) is 11.3 Å². The van der Waals surface area contributed by atoms with E-state index in [0.29, 0.717) is 24.1 Å². The summed E-state index contributed by atoms with van der Waals surface area (Å²) in [6.07, 6.45) is -4.03. The van der Waals surface area contributed by atoms with Crippen LogP contribution in [0.25, 0.3) is 0 Å². The van der Waals surface area contributed by atoms with Gasteiger partial charge in [0.1, 0.15) is 0 Å². The van der Waals surface area contributed by atoms with Gasteiger partial charge in [-0.25, -0.2) is 0 Å². The maximum atomic E-state index is 13.1. The van der Waals surface area contributed by atoms with Gasteiger partial charge in [-0.15, -0.1) is 0 Å². The molecule has 0 bridgehead atoms. The third-order valence-corrected chi connectivity index (χ3v) is 4.96. The topological polar surface area (TPSA) is 76.4 Å². The number of amides is 1. The van der Waals surface area contributed by atoms with Crippen LogP contribution < -0.4 is 10.2 Å². The Hall–Kier alpha value is -2.76. The summed E-state index contributed by atoms with van der Waals surface area (Å²) >= 11 is 5.98. The summed E-state index contributed by atoms with van der Waals surface area (Å²) in [5.41, 5.74) is -1.88. The predicted molar refractivity (Wildman–Crippen MR) is 103 cm³/mol. The maximum absolute atomic E-state index is 13.1. The molecular formula is C20H17ClF3N3O2. The van der Waals surface area contributed by atoms with Crippen LogP contribution in [0.2, 0.25) is 5.02 Å². The van der Waals surface area contributed by atoms with Crippen LogP contribution in [0.15, 0.2) is 36.4 Å². The Labute approximate surface area is 170 Å². The molecule has 0 radical (unpaired) electrons. The van der Waals surface area contributed by atoms with Crippen molar-refractivity contribution in [3.05, 3.63) is 58.1 Å². The van der Waals surface area contributed by atoms with Crippen molar-refractivity contribution in [1.29, 1.82) is 5.26 Å². The minimum absolute atomic E-state index is 0.0458. The Morgan fingerprint density at radius 3 is 2.69 bits per heavy atom. The zero-order valence-corrected chi connectivity index (χ0v) is 16.1. The quantitative estimate of drug-likeness (QED) is 0.779. The van der Waals surface area contributed by atoms with E-state index in [1.165, 1.54) is 19.1 Å². The second-order valence-electron chi connectivity index (χ2n) is 7.04. The third-order valence-electron chi connectivity index (χ3n) is 4.72. The van der Waals surface area contributed by atoms with E-state index in [1.807, 2.05) is 11.0 Å². The van der Waals surface area contributed by atoms with E-state index in [9.17, 15) is 23.1 Å². The molecule has 0 saturated heterocycles. The summed E-state index contributed by atoms with van der Waals surface area (Å²) < 4.78 is 39.3. The first-order valence-corrected chi connectivity index (χ1v) is 9.07. The molecule has 1 heterocycles. The summed E-state index contributed by atoms with van der Waals surface area (Å²) in [7, 11) is 0. The van der Waals surface area contributed by atoms with E-state index in [0.717, 1.165) is 17.3 Å². The Bertz CT molecular complexity index is 999. The molecule has 0 spiro atoms. The maximum Gasteiger partial charge on any atom is 0.417 e. The Morgan fingerprint density at radius 1 is 1.31 bits per heavy atom. The molecule has 9 heteroatoms. The normalized spacial score (nSPS) is 15.4. The van der Waals surface area contributed by atoms with Crippen molar-refractivity contribution in [2.24, 2.45) is 0 Å². The lowest BCUT2D eigenvalue weighted by Crippen LogP contribution is -2.49. The molecule has 2 N–H and O–H groups in total. The van der Waals surface area contributed by atoms with Gasteiger partial charge in [0.15, 0.2) is 5.60 Å². The highest BCUT2D eigenvalue weighted by molar-refractivity contribution is 6.30. The number of fused-ring (bicyclic) bond motifs is 1. The van der Waals surface area contributed by atoms with E-state index < -0.39 is 28.8 Å². The summed E-state index contributed by atoms with van der Waals surface area (Å²) in [6.45, 7) is 1.83. The van der Waals surface area contributed by atoms with Gasteiger partial charge in [-0.2, -0.15) is 18.4 Å². The van der Waals surface area contributed by atoms with Gasteiger partial charge in [0.05, 0.1) is 23.7 Å².